The second-order valence-corrected chi connectivity index (χ2v) is 4.45. The standard InChI is InChI=1S/C12H17N5O2/c13-10(19)4-2-1-3-5-17-8-16-11-9(18)6-14-7-15-12(11)17/h7-8H,1-6H2,(H2,13,19)(H,14,15). The number of hydrogen-bond acceptors (Lipinski definition) is 5. The molecule has 0 bridgehead atoms. The number of anilines is 1. The monoisotopic (exact) mass is 263 g/mol. The predicted octanol–water partition coefficient (Wildman–Crippen LogP) is 0.565. The van der Waals surface area contributed by atoms with Gasteiger partial charge in [-0.1, -0.05) is 6.42 Å². The Morgan fingerprint density at radius 2 is 2.26 bits per heavy atom. The number of nitrogens with one attached hydrogen (secondary N) is 1. The van der Waals surface area contributed by atoms with Crippen LogP contribution < -0.4 is 11.1 Å². The van der Waals surface area contributed by atoms with Crippen LogP contribution >= 0.6 is 0 Å². The third-order valence-electron chi connectivity index (χ3n) is 2.95. The molecule has 7 heteroatoms. The van der Waals surface area contributed by atoms with E-state index in [4.69, 9.17) is 5.73 Å². The molecule has 19 heavy (non-hydrogen) atoms. The van der Waals surface area contributed by atoms with E-state index in [9.17, 15) is 9.59 Å². The van der Waals surface area contributed by atoms with Gasteiger partial charge in [0.15, 0.2) is 5.69 Å². The Morgan fingerprint density at radius 3 is 3.05 bits per heavy atom. The number of Topliss-reactive ketones (excluding diaryl/α,β-unsaturated/α-hetero) is 1. The fourth-order valence-corrected chi connectivity index (χ4v) is 1.98. The molecule has 2 heterocycles. The molecule has 0 saturated heterocycles. The Morgan fingerprint density at radius 1 is 1.42 bits per heavy atom. The molecule has 0 unspecified atom stereocenters. The summed E-state index contributed by atoms with van der Waals surface area (Å²) in [6, 6.07) is 0. The highest BCUT2D eigenvalue weighted by atomic mass is 16.1. The minimum Gasteiger partial charge on any atom is -0.370 e. The van der Waals surface area contributed by atoms with Crippen molar-refractivity contribution in [1.29, 1.82) is 0 Å². The van der Waals surface area contributed by atoms with Crippen LogP contribution in [-0.4, -0.2) is 34.1 Å². The van der Waals surface area contributed by atoms with Crippen molar-refractivity contribution in [3.8, 4) is 0 Å². The van der Waals surface area contributed by atoms with E-state index in [1.54, 1.807) is 6.33 Å². The largest absolute Gasteiger partial charge is 0.370 e. The molecule has 0 aromatic carbocycles. The second-order valence-electron chi connectivity index (χ2n) is 4.45. The highest BCUT2D eigenvalue weighted by molar-refractivity contribution is 6.03. The van der Waals surface area contributed by atoms with Crippen molar-refractivity contribution in [3.05, 3.63) is 12.0 Å². The topological polar surface area (TPSA) is 102 Å². The zero-order valence-corrected chi connectivity index (χ0v) is 10.6. The van der Waals surface area contributed by atoms with Gasteiger partial charge in [0.05, 0.1) is 12.7 Å². The van der Waals surface area contributed by atoms with Crippen LogP contribution in [0.15, 0.2) is 11.3 Å². The van der Waals surface area contributed by atoms with Gasteiger partial charge in [0.1, 0.15) is 12.4 Å². The van der Waals surface area contributed by atoms with Crippen molar-refractivity contribution >= 4 is 23.8 Å². The molecule has 0 spiro atoms. The number of fused-ring (bicyclic) bond motifs is 1. The Balaban J connectivity index is 1.89. The van der Waals surface area contributed by atoms with Gasteiger partial charge in [-0.3, -0.25) is 14.6 Å². The number of rotatable bonds is 6. The summed E-state index contributed by atoms with van der Waals surface area (Å²) in [6.07, 6.45) is 6.21. The molecule has 0 saturated carbocycles. The molecule has 1 aromatic rings. The van der Waals surface area contributed by atoms with Gasteiger partial charge >= 0.3 is 0 Å². The average Bonchev–Trinajstić information content (AvgIpc) is 2.67. The number of aliphatic imine (C=N–C) groups is 1. The molecule has 2 rings (SSSR count). The van der Waals surface area contributed by atoms with Gasteiger partial charge in [0.25, 0.3) is 0 Å². The van der Waals surface area contributed by atoms with Gasteiger partial charge in [-0.2, -0.15) is 0 Å². The molecule has 1 aliphatic rings. The molecule has 0 fully saturated rings. The van der Waals surface area contributed by atoms with Crippen molar-refractivity contribution < 1.29 is 9.59 Å². The maximum atomic E-state index is 11.7. The van der Waals surface area contributed by atoms with Gasteiger partial charge < -0.3 is 15.6 Å². The summed E-state index contributed by atoms with van der Waals surface area (Å²) in [4.78, 5) is 30.3. The van der Waals surface area contributed by atoms with Crippen molar-refractivity contribution in [1.82, 2.24) is 9.55 Å². The van der Waals surface area contributed by atoms with Gasteiger partial charge in [-0.25, -0.2) is 4.98 Å². The van der Waals surface area contributed by atoms with Crippen molar-refractivity contribution in [2.24, 2.45) is 10.7 Å². The summed E-state index contributed by atoms with van der Waals surface area (Å²) in [5, 5.41) is 2.98. The normalized spacial score (nSPS) is 13.8. The number of ketones is 1. The summed E-state index contributed by atoms with van der Waals surface area (Å²) < 4.78 is 1.90. The SMILES string of the molecule is NC(=O)CCCCCn1cnc2c1NC=NCC2=O. The summed E-state index contributed by atoms with van der Waals surface area (Å²) in [5.41, 5.74) is 5.52. The van der Waals surface area contributed by atoms with Crippen LogP contribution in [0.25, 0.3) is 0 Å². The number of hydrogen-bond donors (Lipinski definition) is 2. The van der Waals surface area contributed by atoms with Crippen LogP contribution in [0.4, 0.5) is 5.82 Å². The molecular formula is C12H17N5O2. The van der Waals surface area contributed by atoms with Crippen molar-refractivity contribution in [2.45, 2.75) is 32.2 Å². The minimum atomic E-state index is -0.264. The number of nitrogens with zero attached hydrogens (tertiary/aromatic N) is 3. The van der Waals surface area contributed by atoms with Crippen molar-refractivity contribution in [2.75, 3.05) is 11.9 Å². The summed E-state index contributed by atoms with van der Waals surface area (Å²) in [6.45, 7) is 0.880. The summed E-state index contributed by atoms with van der Waals surface area (Å²) in [5.74, 6) is 0.352. The van der Waals surface area contributed by atoms with E-state index in [0.717, 1.165) is 25.8 Å². The van der Waals surface area contributed by atoms with E-state index >= 15 is 0 Å². The van der Waals surface area contributed by atoms with Crippen LogP contribution in [0.5, 0.6) is 0 Å². The highest BCUT2D eigenvalue weighted by Crippen LogP contribution is 2.17. The van der Waals surface area contributed by atoms with Gasteiger partial charge in [0, 0.05) is 13.0 Å². The number of unbranched alkanes of at least 4 members (excludes halogenated alkanes) is 2. The van der Waals surface area contributed by atoms with Crippen LogP contribution in [0.1, 0.15) is 36.2 Å². The number of primary amides is 1. The number of carbonyl (C=O) groups is 2. The first-order valence-corrected chi connectivity index (χ1v) is 6.30. The number of aryl methyl sites for hydroxylation is 1. The molecule has 1 amide bonds. The van der Waals surface area contributed by atoms with Crippen molar-refractivity contribution in [3.63, 3.8) is 0 Å². The third kappa shape index (κ3) is 3.40. The Labute approximate surface area is 110 Å². The molecule has 1 aromatic heterocycles. The molecule has 102 valence electrons. The Hall–Kier alpha value is -2.18. The molecule has 0 radical (unpaired) electrons. The summed E-state index contributed by atoms with van der Waals surface area (Å²) >= 11 is 0. The predicted molar refractivity (Wildman–Crippen MR) is 71.2 cm³/mol. The molecule has 0 aliphatic carbocycles. The first-order valence-electron chi connectivity index (χ1n) is 6.30. The Kier molecular flexibility index (Phi) is 4.27. The van der Waals surface area contributed by atoms with Crippen LogP contribution in [0.2, 0.25) is 0 Å². The number of aromatic nitrogens is 2. The van der Waals surface area contributed by atoms with E-state index in [-0.39, 0.29) is 18.2 Å². The number of imidazole rings is 1. The third-order valence-corrected chi connectivity index (χ3v) is 2.95. The number of carbonyl (C=O) groups excluding carboxylic acids is 2. The van der Waals surface area contributed by atoms with Gasteiger partial charge in [-0.15, -0.1) is 0 Å². The molecular weight excluding hydrogens is 246 g/mol. The maximum Gasteiger partial charge on any atom is 0.217 e. The van der Waals surface area contributed by atoms with Crippen LogP contribution in [-0.2, 0) is 11.3 Å². The molecule has 0 atom stereocenters. The van der Waals surface area contributed by atoms with E-state index < -0.39 is 0 Å². The van der Waals surface area contributed by atoms with Crippen LogP contribution in [0.3, 0.4) is 0 Å². The minimum absolute atomic E-state index is 0.0799. The molecule has 7 nitrogen and oxygen atoms in total. The zero-order chi connectivity index (χ0) is 13.7. The second kappa shape index (κ2) is 6.12. The van der Waals surface area contributed by atoms with E-state index in [0.29, 0.717) is 17.9 Å². The number of amides is 1. The van der Waals surface area contributed by atoms with Crippen LogP contribution in [0, 0.1) is 0 Å². The first-order chi connectivity index (χ1) is 9.18. The quantitative estimate of drug-likeness (QED) is 0.732. The lowest BCUT2D eigenvalue weighted by atomic mass is 10.2. The molecule has 3 N–H and O–H groups in total. The molecule has 1 aliphatic heterocycles. The van der Waals surface area contributed by atoms with Gasteiger partial charge in [-0.05, 0) is 12.8 Å². The maximum absolute atomic E-state index is 11.7. The number of nitrogens with two attached hydrogens (primary N) is 1. The smallest absolute Gasteiger partial charge is 0.217 e. The van der Waals surface area contributed by atoms with Gasteiger partial charge in [0.2, 0.25) is 11.7 Å². The van der Waals surface area contributed by atoms with E-state index in [2.05, 4.69) is 15.3 Å². The lowest BCUT2D eigenvalue weighted by molar-refractivity contribution is -0.118. The van der Waals surface area contributed by atoms with E-state index in [1.807, 2.05) is 4.57 Å². The summed E-state index contributed by atoms with van der Waals surface area (Å²) in [7, 11) is 0. The average molecular weight is 263 g/mol. The lowest BCUT2D eigenvalue weighted by Gasteiger charge is -2.07. The first kappa shape index (κ1) is 13.3. The fourth-order valence-electron chi connectivity index (χ4n) is 1.98. The Bertz CT molecular complexity index is 506. The lowest BCUT2D eigenvalue weighted by Crippen LogP contribution is -2.10. The van der Waals surface area contributed by atoms with E-state index in [1.165, 1.54) is 6.34 Å². The zero-order valence-electron chi connectivity index (χ0n) is 10.6. The highest BCUT2D eigenvalue weighted by Gasteiger charge is 2.18. The fraction of sp³-hybridized carbons (Fsp3) is 0.500.